The number of halogens is 2. The van der Waals surface area contributed by atoms with Crippen molar-refractivity contribution in [3.05, 3.63) is 54.1 Å². The minimum atomic E-state index is -0.435. The minimum absolute atomic E-state index is 0.269. The summed E-state index contributed by atoms with van der Waals surface area (Å²) in [5, 5.41) is 2.69. The first-order valence-electron chi connectivity index (χ1n) is 8.34. The molecular weight excluding hydrogens is 326 g/mol. The van der Waals surface area contributed by atoms with Gasteiger partial charge in [-0.15, -0.1) is 0 Å². The third kappa shape index (κ3) is 4.68. The fourth-order valence-corrected chi connectivity index (χ4v) is 2.91. The molecule has 6 heteroatoms. The van der Waals surface area contributed by atoms with E-state index in [-0.39, 0.29) is 12.4 Å². The molecule has 2 aromatic carbocycles. The molecule has 3 rings (SSSR count). The standard InChI is InChI=1S/C19H20F2N2O2/c20-14-5-4-6-16(11-14)25-13-19(24)22-17-12-15(21)7-8-18(17)23-9-2-1-3-10-23/h4-8,11-12H,1-3,9-10,13H2,(H,22,24). The van der Waals surface area contributed by atoms with Crippen molar-refractivity contribution in [2.24, 2.45) is 0 Å². The van der Waals surface area contributed by atoms with E-state index in [0.29, 0.717) is 5.69 Å². The maximum absolute atomic E-state index is 13.6. The first kappa shape index (κ1) is 17.2. The van der Waals surface area contributed by atoms with Crippen LogP contribution in [0, 0.1) is 11.6 Å². The number of piperidine rings is 1. The van der Waals surface area contributed by atoms with Gasteiger partial charge in [-0.2, -0.15) is 0 Å². The van der Waals surface area contributed by atoms with Crippen molar-refractivity contribution in [3.63, 3.8) is 0 Å². The van der Waals surface area contributed by atoms with Gasteiger partial charge in [-0.3, -0.25) is 4.79 Å². The van der Waals surface area contributed by atoms with E-state index in [9.17, 15) is 13.6 Å². The van der Waals surface area contributed by atoms with Gasteiger partial charge >= 0.3 is 0 Å². The van der Waals surface area contributed by atoms with Crippen molar-refractivity contribution in [1.82, 2.24) is 0 Å². The van der Waals surface area contributed by atoms with E-state index < -0.39 is 17.5 Å². The molecule has 1 heterocycles. The van der Waals surface area contributed by atoms with Gasteiger partial charge in [-0.05, 0) is 49.6 Å². The fraction of sp³-hybridized carbons (Fsp3) is 0.316. The van der Waals surface area contributed by atoms with E-state index in [0.717, 1.165) is 31.6 Å². The molecule has 1 aliphatic heterocycles. The van der Waals surface area contributed by atoms with Gasteiger partial charge in [-0.25, -0.2) is 8.78 Å². The van der Waals surface area contributed by atoms with Gasteiger partial charge in [0.2, 0.25) is 0 Å². The van der Waals surface area contributed by atoms with Gasteiger partial charge < -0.3 is 15.0 Å². The van der Waals surface area contributed by atoms with E-state index in [1.54, 1.807) is 12.1 Å². The molecule has 132 valence electrons. The van der Waals surface area contributed by atoms with Crippen LogP contribution in [0.25, 0.3) is 0 Å². The Labute approximate surface area is 145 Å². The maximum atomic E-state index is 13.6. The Kier molecular flexibility index (Phi) is 5.48. The molecule has 0 atom stereocenters. The highest BCUT2D eigenvalue weighted by atomic mass is 19.1. The number of nitrogens with one attached hydrogen (secondary N) is 1. The molecule has 0 aromatic heterocycles. The quantitative estimate of drug-likeness (QED) is 0.891. The van der Waals surface area contributed by atoms with Gasteiger partial charge in [-0.1, -0.05) is 6.07 Å². The summed E-state index contributed by atoms with van der Waals surface area (Å²) in [6, 6.07) is 9.96. The third-order valence-electron chi connectivity index (χ3n) is 4.10. The summed E-state index contributed by atoms with van der Waals surface area (Å²) in [6.45, 7) is 1.49. The van der Waals surface area contributed by atoms with Gasteiger partial charge in [0.05, 0.1) is 11.4 Å². The zero-order valence-electron chi connectivity index (χ0n) is 13.8. The highest BCUT2D eigenvalue weighted by Crippen LogP contribution is 2.29. The topological polar surface area (TPSA) is 41.6 Å². The molecule has 0 spiro atoms. The highest BCUT2D eigenvalue weighted by molar-refractivity contribution is 5.95. The van der Waals surface area contributed by atoms with E-state index in [2.05, 4.69) is 10.2 Å². The second kappa shape index (κ2) is 7.96. The Morgan fingerprint density at radius 2 is 1.80 bits per heavy atom. The number of nitrogens with zero attached hydrogens (tertiary/aromatic N) is 1. The van der Waals surface area contributed by atoms with Crippen LogP contribution in [0.15, 0.2) is 42.5 Å². The van der Waals surface area contributed by atoms with Crippen molar-refractivity contribution < 1.29 is 18.3 Å². The molecule has 1 amide bonds. The van der Waals surface area contributed by atoms with Gasteiger partial charge in [0.1, 0.15) is 17.4 Å². The summed E-state index contributed by atoms with van der Waals surface area (Å²) < 4.78 is 32.0. The number of carbonyl (C=O) groups is 1. The molecule has 4 nitrogen and oxygen atoms in total. The van der Waals surface area contributed by atoms with Crippen LogP contribution < -0.4 is 15.0 Å². The number of amides is 1. The third-order valence-corrected chi connectivity index (χ3v) is 4.10. The predicted octanol–water partition coefficient (Wildman–Crippen LogP) is 3.97. The number of ether oxygens (including phenoxy) is 1. The van der Waals surface area contributed by atoms with Crippen molar-refractivity contribution in [3.8, 4) is 5.75 Å². The number of carbonyl (C=O) groups excluding carboxylic acids is 1. The summed E-state index contributed by atoms with van der Waals surface area (Å²) in [5.41, 5.74) is 1.23. The van der Waals surface area contributed by atoms with Gasteiger partial charge in [0.15, 0.2) is 6.61 Å². The Morgan fingerprint density at radius 3 is 2.56 bits per heavy atom. The largest absolute Gasteiger partial charge is 0.484 e. The number of anilines is 2. The van der Waals surface area contributed by atoms with Crippen LogP contribution in [0.3, 0.4) is 0 Å². The second-order valence-corrected chi connectivity index (χ2v) is 6.00. The highest BCUT2D eigenvalue weighted by Gasteiger charge is 2.16. The molecule has 2 aromatic rings. The fourth-order valence-electron chi connectivity index (χ4n) is 2.91. The average molecular weight is 346 g/mol. The molecule has 0 bridgehead atoms. The molecule has 0 radical (unpaired) electrons. The summed E-state index contributed by atoms with van der Waals surface area (Å²) >= 11 is 0. The Morgan fingerprint density at radius 1 is 1.04 bits per heavy atom. The Hall–Kier alpha value is -2.63. The van der Waals surface area contributed by atoms with Gasteiger partial charge in [0, 0.05) is 19.2 Å². The van der Waals surface area contributed by atoms with E-state index in [1.165, 1.54) is 36.8 Å². The zero-order valence-corrected chi connectivity index (χ0v) is 13.8. The maximum Gasteiger partial charge on any atom is 0.262 e. The van der Waals surface area contributed by atoms with Crippen LogP contribution in [-0.2, 0) is 4.79 Å². The van der Waals surface area contributed by atoms with Crippen LogP contribution in [0.1, 0.15) is 19.3 Å². The second-order valence-electron chi connectivity index (χ2n) is 6.00. The summed E-state index contributed by atoms with van der Waals surface area (Å²) in [6.07, 6.45) is 3.34. The minimum Gasteiger partial charge on any atom is -0.484 e. The van der Waals surface area contributed by atoms with E-state index in [1.807, 2.05) is 0 Å². The van der Waals surface area contributed by atoms with Crippen molar-refractivity contribution in [1.29, 1.82) is 0 Å². The molecule has 1 saturated heterocycles. The summed E-state index contributed by atoms with van der Waals surface area (Å²) in [4.78, 5) is 14.3. The van der Waals surface area contributed by atoms with Crippen LogP contribution in [0.2, 0.25) is 0 Å². The number of benzene rings is 2. The number of hydrogen-bond donors (Lipinski definition) is 1. The smallest absolute Gasteiger partial charge is 0.262 e. The molecule has 25 heavy (non-hydrogen) atoms. The number of rotatable bonds is 5. The van der Waals surface area contributed by atoms with Crippen LogP contribution in [0.5, 0.6) is 5.75 Å². The molecule has 0 saturated carbocycles. The first-order valence-corrected chi connectivity index (χ1v) is 8.34. The SMILES string of the molecule is O=C(COc1cccc(F)c1)Nc1cc(F)ccc1N1CCCCC1. The molecule has 1 fully saturated rings. The molecular formula is C19H20F2N2O2. The van der Waals surface area contributed by atoms with E-state index in [4.69, 9.17) is 4.74 Å². The van der Waals surface area contributed by atoms with E-state index >= 15 is 0 Å². The summed E-state index contributed by atoms with van der Waals surface area (Å²) in [7, 11) is 0. The zero-order chi connectivity index (χ0) is 17.6. The normalized spacial score (nSPS) is 14.2. The molecule has 1 aliphatic rings. The lowest BCUT2D eigenvalue weighted by atomic mass is 10.1. The molecule has 1 N–H and O–H groups in total. The Balaban J connectivity index is 1.66. The van der Waals surface area contributed by atoms with Crippen LogP contribution in [0.4, 0.5) is 20.2 Å². The van der Waals surface area contributed by atoms with Crippen LogP contribution in [-0.4, -0.2) is 25.6 Å². The lowest BCUT2D eigenvalue weighted by molar-refractivity contribution is -0.118. The van der Waals surface area contributed by atoms with Crippen molar-refractivity contribution >= 4 is 17.3 Å². The lowest BCUT2D eigenvalue weighted by Crippen LogP contribution is -2.31. The van der Waals surface area contributed by atoms with Gasteiger partial charge in [0.25, 0.3) is 5.91 Å². The Bertz CT molecular complexity index is 746. The molecule has 0 aliphatic carbocycles. The predicted molar refractivity (Wildman–Crippen MR) is 93.0 cm³/mol. The lowest BCUT2D eigenvalue weighted by Gasteiger charge is -2.30. The average Bonchev–Trinajstić information content (AvgIpc) is 2.61. The van der Waals surface area contributed by atoms with Crippen molar-refractivity contribution in [2.45, 2.75) is 19.3 Å². The molecule has 0 unspecified atom stereocenters. The van der Waals surface area contributed by atoms with Crippen molar-refractivity contribution in [2.75, 3.05) is 29.9 Å². The summed E-state index contributed by atoms with van der Waals surface area (Å²) in [5.74, 6) is -1.00. The number of hydrogen-bond acceptors (Lipinski definition) is 3. The first-order chi connectivity index (χ1) is 12.1. The van der Waals surface area contributed by atoms with Crippen LogP contribution >= 0.6 is 0 Å². The monoisotopic (exact) mass is 346 g/mol.